The third-order valence-corrected chi connectivity index (χ3v) is 4.39. The average molecular weight is 346 g/mol. The van der Waals surface area contributed by atoms with E-state index < -0.39 is 0 Å². The van der Waals surface area contributed by atoms with Crippen molar-refractivity contribution in [1.82, 2.24) is 25.0 Å². The van der Waals surface area contributed by atoms with Gasteiger partial charge in [0.2, 0.25) is 0 Å². The molecule has 2 N–H and O–H groups in total. The van der Waals surface area contributed by atoms with Crippen molar-refractivity contribution in [2.75, 3.05) is 5.32 Å². The van der Waals surface area contributed by atoms with E-state index >= 15 is 0 Å². The van der Waals surface area contributed by atoms with Crippen LogP contribution in [0.4, 0.5) is 5.82 Å². The third-order valence-electron chi connectivity index (χ3n) is 4.39. The predicted molar refractivity (Wildman–Crippen MR) is 99.5 cm³/mol. The van der Waals surface area contributed by atoms with Crippen molar-refractivity contribution in [3.05, 3.63) is 65.7 Å². The summed E-state index contributed by atoms with van der Waals surface area (Å²) in [5.74, 6) is 0.255. The van der Waals surface area contributed by atoms with Crippen LogP contribution in [0.5, 0.6) is 0 Å². The summed E-state index contributed by atoms with van der Waals surface area (Å²) in [6.45, 7) is 4.04. The molecule has 1 amide bonds. The topological polar surface area (TPSA) is 88.5 Å². The molecule has 3 aromatic heterocycles. The van der Waals surface area contributed by atoms with Gasteiger partial charge in [-0.3, -0.25) is 14.9 Å². The highest BCUT2D eigenvalue weighted by molar-refractivity contribution is 6.08. The van der Waals surface area contributed by atoms with E-state index in [1.807, 2.05) is 48.9 Å². The molecule has 0 aliphatic carbocycles. The summed E-state index contributed by atoms with van der Waals surface area (Å²) < 4.78 is 1.83. The highest BCUT2D eigenvalue weighted by Crippen LogP contribution is 2.22. The van der Waals surface area contributed by atoms with Crippen LogP contribution in [-0.2, 0) is 6.42 Å². The molecule has 4 aromatic rings. The number of para-hydroxylation sites is 1. The van der Waals surface area contributed by atoms with E-state index in [4.69, 9.17) is 0 Å². The smallest absolute Gasteiger partial charge is 0.260 e. The van der Waals surface area contributed by atoms with Gasteiger partial charge in [-0.15, -0.1) is 0 Å². The van der Waals surface area contributed by atoms with Crippen LogP contribution < -0.4 is 5.32 Å². The van der Waals surface area contributed by atoms with Gasteiger partial charge in [-0.2, -0.15) is 10.2 Å². The van der Waals surface area contributed by atoms with Gasteiger partial charge < -0.3 is 5.32 Å². The van der Waals surface area contributed by atoms with Crippen molar-refractivity contribution in [2.45, 2.75) is 20.3 Å². The standard InChI is InChI=1S/C19H18N6O/c1-3-16-14(10-21-25(16)17-7-5-4-6-12(17)2)19(26)22-18-13-8-9-20-11-15(13)23-24-18/h4-11H,3H2,1-2H3,(H2,22,23,24,26). The Hall–Kier alpha value is -3.48. The first-order valence-electron chi connectivity index (χ1n) is 8.41. The lowest BCUT2D eigenvalue weighted by Crippen LogP contribution is -2.15. The second-order valence-electron chi connectivity index (χ2n) is 6.00. The van der Waals surface area contributed by atoms with E-state index in [1.54, 1.807) is 18.6 Å². The fraction of sp³-hybridized carbons (Fsp3) is 0.158. The van der Waals surface area contributed by atoms with Gasteiger partial charge in [0.05, 0.1) is 34.9 Å². The number of nitrogens with one attached hydrogen (secondary N) is 2. The largest absolute Gasteiger partial charge is 0.304 e. The molecule has 0 saturated heterocycles. The van der Waals surface area contributed by atoms with Crippen LogP contribution in [0.15, 0.2) is 48.9 Å². The number of pyridine rings is 1. The van der Waals surface area contributed by atoms with Crippen LogP contribution in [-0.4, -0.2) is 30.9 Å². The monoisotopic (exact) mass is 346 g/mol. The quantitative estimate of drug-likeness (QED) is 0.593. The number of aromatic nitrogens is 5. The van der Waals surface area contributed by atoms with Crippen LogP contribution in [0.3, 0.4) is 0 Å². The molecule has 26 heavy (non-hydrogen) atoms. The van der Waals surface area contributed by atoms with Crippen molar-refractivity contribution < 1.29 is 4.79 Å². The Morgan fingerprint density at radius 1 is 1.23 bits per heavy atom. The lowest BCUT2D eigenvalue weighted by Gasteiger charge is -2.10. The van der Waals surface area contributed by atoms with E-state index in [1.165, 1.54) is 0 Å². The number of benzene rings is 1. The zero-order valence-corrected chi connectivity index (χ0v) is 14.5. The lowest BCUT2D eigenvalue weighted by molar-refractivity contribution is 0.102. The van der Waals surface area contributed by atoms with E-state index in [-0.39, 0.29) is 5.91 Å². The second-order valence-corrected chi connectivity index (χ2v) is 6.00. The fourth-order valence-corrected chi connectivity index (χ4v) is 3.05. The van der Waals surface area contributed by atoms with Gasteiger partial charge >= 0.3 is 0 Å². The van der Waals surface area contributed by atoms with Gasteiger partial charge in [0.15, 0.2) is 5.82 Å². The number of anilines is 1. The van der Waals surface area contributed by atoms with Crippen LogP contribution in [0.25, 0.3) is 16.6 Å². The first kappa shape index (κ1) is 16.0. The lowest BCUT2D eigenvalue weighted by atomic mass is 10.1. The summed E-state index contributed by atoms with van der Waals surface area (Å²) in [6.07, 6.45) is 5.63. The van der Waals surface area contributed by atoms with Gasteiger partial charge in [-0.1, -0.05) is 25.1 Å². The summed E-state index contributed by atoms with van der Waals surface area (Å²) in [5, 5.41) is 15.2. The summed E-state index contributed by atoms with van der Waals surface area (Å²) in [5.41, 5.74) is 4.25. The molecule has 7 heteroatoms. The molecule has 130 valence electrons. The number of rotatable bonds is 4. The number of hydrogen-bond acceptors (Lipinski definition) is 4. The summed E-state index contributed by atoms with van der Waals surface area (Å²) >= 11 is 0. The van der Waals surface area contributed by atoms with Gasteiger partial charge in [0.1, 0.15) is 0 Å². The number of carbonyl (C=O) groups is 1. The normalized spacial score (nSPS) is 11.0. The third kappa shape index (κ3) is 2.63. The number of nitrogens with zero attached hydrogens (tertiary/aromatic N) is 4. The summed E-state index contributed by atoms with van der Waals surface area (Å²) in [7, 11) is 0. The highest BCUT2D eigenvalue weighted by Gasteiger charge is 2.19. The zero-order valence-electron chi connectivity index (χ0n) is 14.5. The Morgan fingerprint density at radius 3 is 2.88 bits per heavy atom. The molecule has 0 unspecified atom stereocenters. The molecule has 0 bridgehead atoms. The van der Waals surface area contributed by atoms with Crippen LogP contribution in [0.2, 0.25) is 0 Å². The Morgan fingerprint density at radius 2 is 2.08 bits per heavy atom. The Kier molecular flexibility index (Phi) is 3.96. The van der Waals surface area contributed by atoms with Crippen molar-refractivity contribution in [2.24, 2.45) is 0 Å². The SMILES string of the molecule is CCc1c(C(=O)Nc2n[nH]c3cnccc23)cnn1-c1ccccc1C. The molecule has 0 aliphatic heterocycles. The summed E-state index contributed by atoms with van der Waals surface area (Å²) in [6, 6.07) is 9.79. The molecular weight excluding hydrogens is 328 g/mol. The molecule has 0 aliphatic rings. The maximum atomic E-state index is 12.8. The van der Waals surface area contributed by atoms with E-state index in [9.17, 15) is 4.79 Å². The maximum absolute atomic E-state index is 12.8. The predicted octanol–water partition coefficient (Wildman–Crippen LogP) is 3.27. The van der Waals surface area contributed by atoms with Crippen molar-refractivity contribution in [3.63, 3.8) is 0 Å². The molecule has 0 spiro atoms. The van der Waals surface area contributed by atoms with Gasteiger partial charge in [-0.25, -0.2) is 4.68 Å². The Bertz CT molecular complexity index is 1090. The fourth-order valence-electron chi connectivity index (χ4n) is 3.05. The molecule has 0 atom stereocenters. The molecule has 0 fully saturated rings. The number of carbonyl (C=O) groups excluding carboxylic acids is 1. The molecule has 4 rings (SSSR count). The molecule has 0 saturated carbocycles. The number of aromatic amines is 1. The first-order chi connectivity index (χ1) is 12.7. The van der Waals surface area contributed by atoms with Crippen LogP contribution in [0, 0.1) is 6.92 Å². The second kappa shape index (κ2) is 6.44. The van der Waals surface area contributed by atoms with E-state index in [0.717, 1.165) is 27.8 Å². The molecule has 3 heterocycles. The minimum atomic E-state index is -0.230. The van der Waals surface area contributed by atoms with Crippen molar-refractivity contribution in [3.8, 4) is 5.69 Å². The van der Waals surface area contributed by atoms with E-state index in [2.05, 4.69) is 25.6 Å². The molecule has 1 aromatic carbocycles. The van der Waals surface area contributed by atoms with Crippen LogP contribution in [0.1, 0.15) is 28.5 Å². The number of fused-ring (bicyclic) bond motifs is 1. The number of H-pyrrole nitrogens is 1. The Labute approximate surface area is 150 Å². The van der Waals surface area contributed by atoms with Crippen molar-refractivity contribution >= 4 is 22.6 Å². The van der Waals surface area contributed by atoms with Crippen molar-refractivity contribution in [1.29, 1.82) is 0 Å². The number of hydrogen-bond donors (Lipinski definition) is 2. The zero-order chi connectivity index (χ0) is 18.1. The van der Waals surface area contributed by atoms with E-state index in [0.29, 0.717) is 17.8 Å². The summed E-state index contributed by atoms with van der Waals surface area (Å²) in [4.78, 5) is 16.9. The van der Waals surface area contributed by atoms with Gasteiger partial charge in [0, 0.05) is 11.6 Å². The average Bonchev–Trinajstić information content (AvgIpc) is 3.26. The van der Waals surface area contributed by atoms with Gasteiger partial charge in [0.25, 0.3) is 5.91 Å². The Balaban J connectivity index is 1.70. The number of amides is 1. The molecule has 7 nitrogen and oxygen atoms in total. The number of aryl methyl sites for hydroxylation is 1. The highest BCUT2D eigenvalue weighted by atomic mass is 16.1. The molecule has 0 radical (unpaired) electrons. The minimum absolute atomic E-state index is 0.230. The first-order valence-corrected chi connectivity index (χ1v) is 8.41. The maximum Gasteiger partial charge on any atom is 0.260 e. The minimum Gasteiger partial charge on any atom is -0.304 e. The van der Waals surface area contributed by atoms with Gasteiger partial charge in [-0.05, 0) is 31.0 Å². The molecular formula is C19H18N6O. The van der Waals surface area contributed by atoms with Crippen LogP contribution >= 0.6 is 0 Å².